The number of nitrogens with zero attached hydrogens (tertiary/aromatic N) is 2. The molecule has 0 aliphatic rings. The number of nitrogen functional groups attached to an aromatic ring is 1. The Hall–Kier alpha value is -2.74. The van der Waals surface area contributed by atoms with Gasteiger partial charge in [-0.3, -0.25) is 0 Å². The summed E-state index contributed by atoms with van der Waals surface area (Å²) in [6, 6.07) is 10.2. The van der Waals surface area contributed by atoms with Crippen LogP contribution in [0.2, 0.25) is 0 Å². The first kappa shape index (κ1) is 11.7. The number of anilines is 1. The Morgan fingerprint density at radius 1 is 1.28 bits per heavy atom. The number of pyridine rings is 1. The van der Waals surface area contributed by atoms with Crippen molar-refractivity contribution in [1.82, 2.24) is 4.98 Å². The van der Waals surface area contributed by atoms with Crippen molar-refractivity contribution in [2.24, 2.45) is 0 Å². The van der Waals surface area contributed by atoms with Crippen LogP contribution >= 0.6 is 0 Å². The van der Waals surface area contributed by atoms with Gasteiger partial charge in [0.1, 0.15) is 11.5 Å². The Labute approximate surface area is 104 Å². The Morgan fingerprint density at radius 3 is 2.78 bits per heavy atom. The summed E-state index contributed by atoms with van der Waals surface area (Å²) in [5.74, 6) is 1.51. The molecule has 0 fully saturated rings. The molecular formula is C13H11N3O2. The highest BCUT2D eigenvalue weighted by atomic mass is 16.5. The molecule has 90 valence electrons. The van der Waals surface area contributed by atoms with E-state index in [9.17, 15) is 0 Å². The van der Waals surface area contributed by atoms with Gasteiger partial charge in [0, 0.05) is 12.3 Å². The molecule has 0 amide bonds. The van der Waals surface area contributed by atoms with Gasteiger partial charge in [0.15, 0.2) is 0 Å². The van der Waals surface area contributed by atoms with Crippen LogP contribution in [0.25, 0.3) is 0 Å². The fraction of sp³-hybridized carbons (Fsp3) is 0.0769. The fourth-order valence-electron chi connectivity index (χ4n) is 1.40. The van der Waals surface area contributed by atoms with Crippen LogP contribution in [0.4, 0.5) is 5.69 Å². The van der Waals surface area contributed by atoms with E-state index in [-0.39, 0.29) is 0 Å². The van der Waals surface area contributed by atoms with Gasteiger partial charge in [-0.15, -0.1) is 0 Å². The predicted molar refractivity (Wildman–Crippen MR) is 66.4 cm³/mol. The van der Waals surface area contributed by atoms with Gasteiger partial charge >= 0.3 is 0 Å². The minimum Gasteiger partial charge on any atom is -0.481 e. The summed E-state index contributed by atoms with van der Waals surface area (Å²) in [5.41, 5.74) is 6.69. The second-order valence-corrected chi connectivity index (χ2v) is 3.50. The fourth-order valence-corrected chi connectivity index (χ4v) is 1.40. The highest BCUT2D eigenvalue weighted by Crippen LogP contribution is 2.29. The number of aromatic nitrogens is 1. The maximum absolute atomic E-state index is 8.74. The van der Waals surface area contributed by atoms with Crippen molar-refractivity contribution in [3.8, 4) is 23.4 Å². The molecule has 0 saturated carbocycles. The quantitative estimate of drug-likeness (QED) is 0.834. The van der Waals surface area contributed by atoms with E-state index in [0.29, 0.717) is 28.6 Å². The second-order valence-electron chi connectivity index (χ2n) is 3.50. The molecular weight excluding hydrogens is 230 g/mol. The summed E-state index contributed by atoms with van der Waals surface area (Å²) in [6.45, 7) is 0. The molecule has 18 heavy (non-hydrogen) atoms. The van der Waals surface area contributed by atoms with E-state index in [0.717, 1.165) is 0 Å². The summed E-state index contributed by atoms with van der Waals surface area (Å²) < 4.78 is 10.6. The lowest BCUT2D eigenvalue weighted by atomic mass is 10.2. The lowest BCUT2D eigenvalue weighted by Crippen LogP contribution is -1.94. The average molecular weight is 241 g/mol. The lowest BCUT2D eigenvalue weighted by Gasteiger charge is -2.09. The minimum atomic E-state index is 0.407. The number of hydrogen-bond donors (Lipinski definition) is 1. The zero-order valence-corrected chi connectivity index (χ0v) is 9.75. The van der Waals surface area contributed by atoms with Gasteiger partial charge in [0.2, 0.25) is 5.88 Å². The topological polar surface area (TPSA) is 81.2 Å². The van der Waals surface area contributed by atoms with Crippen molar-refractivity contribution >= 4 is 5.69 Å². The predicted octanol–water partition coefficient (Wildman–Crippen LogP) is 2.34. The van der Waals surface area contributed by atoms with Crippen LogP contribution in [0.1, 0.15) is 5.56 Å². The van der Waals surface area contributed by atoms with E-state index < -0.39 is 0 Å². The Bertz CT molecular complexity index is 605. The first-order chi connectivity index (χ1) is 8.72. The number of hydrogen-bond acceptors (Lipinski definition) is 5. The van der Waals surface area contributed by atoms with E-state index in [2.05, 4.69) is 4.98 Å². The zero-order chi connectivity index (χ0) is 13.0. The molecule has 2 rings (SSSR count). The van der Waals surface area contributed by atoms with E-state index in [1.807, 2.05) is 6.07 Å². The third kappa shape index (κ3) is 2.50. The monoisotopic (exact) mass is 241 g/mol. The molecule has 0 spiro atoms. The average Bonchev–Trinajstić information content (AvgIpc) is 2.41. The van der Waals surface area contributed by atoms with Crippen molar-refractivity contribution in [2.45, 2.75) is 0 Å². The van der Waals surface area contributed by atoms with Crippen molar-refractivity contribution in [2.75, 3.05) is 12.8 Å². The largest absolute Gasteiger partial charge is 0.481 e. The Morgan fingerprint density at radius 2 is 2.11 bits per heavy atom. The van der Waals surface area contributed by atoms with Gasteiger partial charge in [-0.05, 0) is 24.3 Å². The molecule has 0 unspecified atom stereocenters. The number of methoxy groups -OCH3 is 1. The molecule has 1 aromatic carbocycles. The van der Waals surface area contributed by atoms with Crippen LogP contribution in [-0.4, -0.2) is 12.1 Å². The highest BCUT2D eigenvalue weighted by Gasteiger charge is 2.04. The number of benzene rings is 1. The Balaban J connectivity index is 2.26. The molecule has 1 aromatic heterocycles. The molecule has 0 radical (unpaired) electrons. The smallest absolute Gasteiger partial charge is 0.216 e. The van der Waals surface area contributed by atoms with E-state index >= 15 is 0 Å². The van der Waals surface area contributed by atoms with Gasteiger partial charge in [-0.2, -0.15) is 5.26 Å². The normalized spacial score (nSPS) is 9.56. The van der Waals surface area contributed by atoms with Crippen molar-refractivity contribution in [3.63, 3.8) is 0 Å². The molecule has 1 heterocycles. The van der Waals surface area contributed by atoms with E-state index in [1.54, 1.807) is 36.5 Å². The maximum atomic E-state index is 8.74. The van der Waals surface area contributed by atoms with Gasteiger partial charge in [-0.1, -0.05) is 0 Å². The molecule has 5 nitrogen and oxygen atoms in total. The summed E-state index contributed by atoms with van der Waals surface area (Å²) in [6.07, 6.45) is 1.58. The summed E-state index contributed by atoms with van der Waals surface area (Å²) in [4.78, 5) is 3.97. The number of nitriles is 1. The second kappa shape index (κ2) is 5.06. The first-order valence-electron chi connectivity index (χ1n) is 5.20. The van der Waals surface area contributed by atoms with Gasteiger partial charge < -0.3 is 15.2 Å². The number of ether oxygens (including phenoxy) is 2. The SMILES string of the molecule is COc1cc(Oc2ccc(C#N)cc2N)ccn1. The molecule has 0 aliphatic carbocycles. The van der Waals surface area contributed by atoms with E-state index in [4.69, 9.17) is 20.5 Å². The highest BCUT2D eigenvalue weighted by molar-refractivity contribution is 5.57. The Kier molecular flexibility index (Phi) is 3.30. The van der Waals surface area contributed by atoms with Crippen LogP contribution in [0, 0.1) is 11.3 Å². The van der Waals surface area contributed by atoms with Crippen molar-refractivity contribution in [3.05, 3.63) is 42.1 Å². The third-order valence-corrected chi connectivity index (χ3v) is 2.28. The molecule has 0 aliphatic heterocycles. The molecule has 0 bridgehead atoms. The summed E-state index contributed by atoms with van der Waals surface area (Å²) >= 11 is 0. The molecule has 0 saturated heterocycles. The minimum absolute atomic E-state index is 0.407. The van der Waals surface area contributed by atoms with Gasteiger partial charge in [-0.25, -0.2) is 4.98 Å². The van der Waals surface area contributed by atoms with E-state index in [1.165, 1.54) is 7.11 Å². The molecule has 5 heteroatoms. The number of nitrogens with two attached hydrogens (primary N) is 1. The summed E-state index contributed by atoms with van der Waals surface area (Å²) in [7, 11) is 1.53. The van der Waals surface area contributed by atoms with Crippen LogP contribution in [0.15, 0.2) is 36.5 Å². The third-order valence-electron chi connectivity index (χ3n) is 2.28. The van der Waals surface area contributed by atoms with Crippen LogP contribution in [0.5, 0.6) is 17.4 Å². The molecule has 2 aromatic rings. The maximum Gasteiger partial charge on any atom is 0.216 e. The van der Waals surface area contributed by atoms with Gasteiger partial charge in [0.05, 0.1) is 24.4 Å². The molecule has 0 atom stereocenters. The van der Waals surface area contributed by atoms with Gasteiger partial charge in [0.25, 0.3) is 0 Å². The van der Waals surface area contributed by atoms with Crippen LogP contribution in [0.3, 0.4) is 0 Å². The number of rotatable bonds is 3. The van der Waals surface area contributed by atoms with Crippen molar-refractivity contribution < 1.29 is 9.47 Å². The molecule has 2 N–H and O–H groups in total. The lowest BCUT2D eigenvalue weighted by molar-refractivity contribution is 0.392. The van der Waals surface area contributed by atoms with Crippen LogP contribution in [-0.2, 0) is 0 Å². The zero-order valence-electron chi connectivity index (χ0n) is 9.75. The summed E-state index contributed by atoms with van der Waals surface area (Å²) in [5, 5.41) is 8.74. The standard InChI is InChI=1S/C13H11N3O2/c1-17-13-7-10(4-5-16-13)18-12-3-2-9(8-14)6-11(12)15/h2-7H,15H2,1H3. The first-order valence-corrected chi connectivity index (χ1v) is 5.20. The van der Waals surface area contributed by atoms with Crippen LogP contribution < -0.4 is 15.2 Å². The van der Waals surface area contributed by atoms with Crippen molar-refractivity contribution in [1.29, 1.82) is 5.26 Å².